The largest absolute Gasteiger partial charge is 0.474 e. The fourth-order valence-corrected chi connectivity index (χ4v) is 5.76. The Balaban J connectivity index is 1.90. The van der Waals surface area contributed by atoms with E-state index in [1.807, 2.05) is 0 Å². The molecule has 2 aromatic carbocycles. The van der Waals surface area contributed by atoms with Crippen molar-refractivity contribution in [1.29, 1.82) is 0 Å². The summed E-state index contributed by atoms with van der Waals surface area (Å²) in [5, 5.41) is 1.71. The van der Waals surface area contributed by atoms with Crippen LogP contribution in [-0.2, 0) is 36.9 Å². The molecule has 0 saturated carbocycles. The molecule has 42 heavy (non-hydrogen) atoms. The molecule has 3 rings (SSSR count). The number of benzene rings is 2. The predicted molar refractivity (Wildman–Crippen MR) is 141 cm³/mol. The zero-order valence-electron chi connectivity index (χ0n) is 20.8. The Morgan fingerprint density at radius 1 is 1.10 bits per heavy atom. The summed E-state index contributed by atoms with van der Waals surface area (Å²) in [6.45, 7) is 0. The molecule has 0 aliphatic carbocycles. The molecule has 6 nitrogen and oxygen atoms in total. The number of nitrogens with zero attached hydrogens (tertiary/aromatic N) is 3. The number of oxime groups is 1. The van der Waals surface area contributed by atoms with Gasteiger partial charge in [0, 0.05) is 29.1 Å². The summed E-state index contributed by atoms with van der Waals surface area (Å²) in [4.78, 5) is 29.4. The lowest BCUT2D eigenvalue weighted by Crippen LogP contribution is -2.43. The van der Waals surface area contributed by atoms with Crippen LogP contribution < -0.4 is 4.90 Å². The van der Waals surface area contributed by atoms with Gasteiger partial charge in [0.1, 0.15) is 0 Å². The van der Waals surface area contributed by atoms with Crippen LogP contribution in [0.3, 0.4) is 0 Å². The third kappa shape index (κ3) is 7.05. The molecule has 2 amide bonds. The molecule has 0 bridgehead atoms. The van der Waals surface area contributed by atoms with Gasteiger partial charge in [-0.25, -0.2) is 0 Å². The number of rotatable bonds is 5. The Hall–Kier alpha value is -2.37. The standard InChI is InChI=1S/C23H15BrCl2F9N3O3S/c1-38(17(39)9-42(2)37-19(40)22(30,31)32)16-4-3-10(5-13(16)24)15-8-20(41-36-15,23(33,34)35)11-6-12(21(27,28)29)18(26)14(25)7-11/h3-7H,8-9H2,1-2H3. The fourth-order valence-electron chi connectivity index (χ4n) is 3.68. The van der Waals surface area contributed by atoms with Crippen LogP contribution in [0.1, 0.15) is 23.1 Å². The molecule has 1 aliphatic heterocycles. The van der Waals surface area contributed by atoms with Crippen molar-refractivity contribution in [2.75, 3.05) is 24.0 Å². The molecular formula is C23H15BrCl2F9N3O3S. The zero-order chi connectivity index (χ0) is 32.0. The van der Waals surface area contributed by atoms with Crippen LogP contribution in [0.25, 0.3) is 0 Å². The maximum absolute atomic E-state index is 14.3. The van der Waals surface area contributed by atoms with Crippen LogP contribution in [0.2, 0.25) is 10.0 Å². The topological polar surface area (TPSA) is 71.3 Å². The highest BCUT2D eigenvalue weighted by Crippen LogP contribution is 2.51. The van der Waals surface area contributed by atoms with E-state index in [2.05, 4.69) is 25.4 Å². The minimum Gasteiger partial charge on any atom is -0.374 e. The first-order valence-corrected chi connectivity index (χ1v) is 14.3. The zero-order valence-corrected chi connectivity index (χ0v) is 24.7. The van der Waals surface area contributed by atoms with E-state index in [0.717, 1.165) is 11.2 Å². The number of alkyl halides is 9. The van der Waals surface area contributed by atoms with Crippen molar-refractivity contribution >= 4 is 73.0 Å². The molecule has 2 atom stereocenters. The summed E-state index contributed by atoms with van der Waals surface area (Å²) >= 11 is 14.5. The van der Waals surface area contributed by atoms with Crippen LogP contribution in [0.4, 0.5) is 45.2 Å². The van der Waals surface area contributed by atoms with Crippen LogP contribution >= 0.6 is 39.1 Å². The fraction of sp³-hybridized carbons (Fsp3) is 0.348. The van der Waals surface area contributed by atoms with E-state index in [9.17, 15) is 49.1 Å². The van der Waals surface area contributed by atoms with E-state index in [0.29, 0.717) is 6.07 Å². The van der Waals surface area contributed by atoms with Crippen molar-refractivity contribution in [2.45, 2.75) is 30.6 Å². The molecular weight excluding hydrogens is 720 g/mol. The van der Waals surface area contributed by atoms with Gasteiger partial charge in [-0.3, -0.25) is 9.59 Å². The lowest BCUT2D eigenvalue weighted by molar-refractivity contribution is -0.276. The molecule has 2 unspecified atom stereocenters. The third-order valence-electron chi connectivity index (χ3n) is 5.82. The lowest BCUT2D eigenvalue weighted by atomic mass is 9.85. The number of hydrogen-bond donors (Lipinski definition) is 0. The van der Waals surface area contributed by atoms with Crippen molar-refractivity contribution in [3.05, 3.63) is 61.5 Å². The summed E-state index contributed by atoms with van der Waals surface area (Å²) in [5.41, 5.74) is -6.06. The highest BCUT2D eigenvalue weighted by atomic mass is 79.9. The van der Waals surface area contributed by atoms with E-state index >= 15 is 0 Å². The second-order valence-electron chi connectivity index (χ2n) is 8.71. The van der Waals surface area contributed by atoms with Gasteiger partial charge in [-0.15, -0.1) is 0 Å². The molecule has 1 heterocycles. The van der Waals surface area contributed by atoms with Gasteiger partial charge < -0.3 is 9.74 Å². The number of anilines is 1. The Bertz CT molecular complexity index is 1500. The van der Waals surface area contributed by atoms with Crippen molar-refractivity contribution in [2.24, 2.45) is 9.52 Å². The molecule has 0 saturated heterocycles. The Morgan fingerprint density at radius 2 is 1.71 bits per heavy atom. The monoisotopic (exact) mass is 733 g/mol. The average molecular weight is 735 g/mol. The van der Waals surface area contributed by atoms with Crippen LogP contribution in [-0.4, -0.2) is 48.9 Å². The minimum atomic E-state index is -5.27. The van der Waals surface area contributed by atoms with E-state index in [-0.39, 0.29) is 27.5 Å². The number of halogens is 12. The van der Waals surface area contributed by atoms with Gasteiger partial charge in [0.25, 0.3) is 5.60 Å². The van der Waals surface area contributed by atoms with Gasteiger partial charge in [0.15, 0.2) is 0 Å². The smallest absolute Gasteiger partial charge is 0.374 e. The summed E-state index contributed by atoms with van der Waals surface area (Å²) in [7, 11) is -0.349. The number of hydrogen-bond acceptors (Lipinski definition) is 4. The van der Waals surface area contributed by atoms with Crippen molar-refractivity contribution in [3.63, 3.8) is 0 Å². The Kier molecular flexibility index (Phi) is 9.72. The Morgan fingerprint density at radius 3 is 2.24 bits per heavy atom. The van der Waals surface area contributed by atoms with Gasteiger partial charge in [-0.2, -0.15) is 43.9 Å². The summed E-state index contributed by atoms with van der Waals surface area (Å²) in [5.74, 6) is -3.62. The van der Waals surface area contributed by atoms with E-state index < -0.39 is 80.0 Å². The number of carbonyl (C=O) groups is 2. The van der Waals surface area contributed by atoms with Crippen molar-refractivity contribution in [3.8, 4) is 0 Å². The molecule has 230 valence electrons. The van der Waals surface area contributed by atoms with Crippen LogP contribution in [0.5, 0.6) is 0 Å². The van der Waals surface area contributed by atoms with Crippen molar-refractivity contribution in [1.82, 2.24) is 0 Å². The molecule has 19 heteroatoms. The summed E-state index contributed by atoms with van der Waals surface area (Å²) in [6.07, 6.45) is -15.5. The number of carbonyl (C=O) groups excluding carboxylic acids is 2. The second kappa shape index (κ2) is 12.0. The average Bonchev–Trinajstić information content (AvgIpc) is 3.31. The molecule has 0 radical (unpaired) electrons. The highest BCUT2D eigenvalue weighted by molar-refractivity contribution is 9.10. The molecule has 0 fully saturated rings. The third-order valence-corrected chi connectivity index (χ3v) is 8.40. The molecule has 0 spiro atoms. The van der Waals surface area contributed by atoms with E-state index in [1.165, 1.54) is 25.2 Å². The predicted octanol–water partition coefficient (Wildman–Crippen LogP) is 7.84. The molecule has 2 aromatic rings. The molecule has 1 aliphatic rings. The first kappa shape index (κ1) is 34.1. The maximum atomic E-state index is 14.3. The summed E-state index contributed by atoms with van der Waals surface area (Å²) < 4.78 is 124. The van der Waals surface area contributed by atoms with Gasteiger partial charge >= 0.3 is 24.4 Å². The summed E-state index contributed by atoms with van der Waals surface area (Å²) in [6, 6.07) is 4.59. The minimum absolute atomic E-state index is 0.0368. The van der Waals surface area contributed by atoms with Gasteiger partial charge in [-0.05, 0) is 46.5 Å². The molecule has 0 N–H and O–H groups in total. The second-order valence-corrected chi connectivity index (χ2v) is 12.0. The van der Waals surface area contributed by atoms with Gasteiger partial charge in [-0.1, -0.05) is 45.1 Å². The van der Waals surface area contributed by atoms with Crippen LogP contribution in [0, 0.1) is 0 Å². The lowest BCUT2D eigenvalue weighted by Gasteiger charge is -2.30. The number of amides is 2. The van der Waals surface area contributed by atoms with E-state index in [4.69, 9.17) is 28.0 Å². The van der Waals surface area contributed by atoms with Gasteiger partial charge in [0.2, 0.25) is 5.91 Å². The van der Waals surface area contributed by atoms with E-state index in [1.54, 1.807) is 0 Å². The normalized spacial score (nSPS) is 18.5. The van der Waals surface area contributed by atoms with Crippen molar-refractivity contribution < 1.29 is 53.9 Å². The van der Waals surface area contributed by atoms with Gasteiger partial charge in [0.05, 0.1) is 32.8 Å². The molecule has 0 aromatic heterocycles. The first-order chi connectivity index (χ1) is 19.1. The SMILES string of the molecule is CN(C(=O)CS(C)=NC(=O)C(F)(F)F)c1ccc(C2=NOC(c3cc(Cl)c(Cl)c(C(F)(F)F)c3)(C(F)(F)F)C2)cc1Br. The van der Waals surface area contributed by atoms with Crippen LogP contribution in [0.15, 0.2) is 44.3 Å². The quantitative estimate of drug-likeness (QED) is 0.294. The Labute approximate surface area is 252 Å². The maximum Gasteiger partial charge on any atom is 0.474 e. The highest BCUT2D eigenvalue weighted by Gasteiger charge is 2.63. The first-order valence-electron chi connectivity index (χ1n) is 11.0.